The van der Waals surface area contributed by atoms with E-state index in [-0.39, 0.29) is 17.8 Å². The SMILES string of the molecule is COc1ccc(/C=C/C(=O)N2c3ccc(F)cc3CC[C@H]2C)cc1. The van der Waals surface area contributed by atoms with Gasteiger partial charge in [0, 0.05) is 17.8 Å². The Hall–Kier alpha value is -2.62. The summed E-state index contributed by atoms with van der Waals surface area (Å²) < 4.78 is 18.5. The molecule has 1 atom stereocenters. The van der Waals surface area contributed by atoms with Crippen molar-refractivity contribution in [3.8, 4) is 5.75 Å². The lowest BCUT2D eigenvalue weighted by Crippen LogP contribution is -2.41. The zero-order valence-electron chi connectivity index (χ0n) is 13.8. The maximum atomic E-state index is 13.4. The summed E-state index contributed by atoms with van der Waals surface area (Å²) in [6.45, 7) is 2.02. The van der Waals surface area contributed by atoms with Crippen molar-refractivity contribution in [1.82, 2.24) is 0 Å². The highest BCUT2D eigenvalue weighted by Gasteiger charge is 2.27. The van der Waals surface area contributed by atoms with Crippen molar-refractivity contribution in [2.45, 2.75) is 25.8 Å². The molecule has 0 fully saturated rings. The summed E-state index contributed by atoms with van der Waals surface area (Å²) in [5, 5.41) is 0. The fourth-order valence-corrected chi connectivity index (χ4v) is 3.02. The molecule has 1 amide bonds. The highest BCUT2D eigenvalue weighted by atomic mass is 19.1. The highest BCUT2D eigenvalue weighted by Crippen LogP contribution is 2.31. The number of nitrogens with zero attached hydrogens (tertiary/aromatic N) is 1. The minimum Gasteiger partial charge on any atom is -0.497 e. The van der Waals surface area contributed by atoms with Gasteiger partial charge in [-0.3, -0.25) is 4.79 Å². The lowest BCUT2D eigenvalue weighted by molar-refractivity contribution is -0.114. The number of rotatable bonds is 3. The first-order valence-electron chi connectivity index (χ1n) is 8.02. The summed E-state index contributed by atoms with van der Waals surface area (Å²) in [4.78, 5) is 14.4. The predicted molar refractivity (Wildman–Crippen MR) is 93.7 cm³/mol. The summed E-state index contributed by atoms with van der Waals surface area (Å²) in [5.41, 5.74) is 2.62. The molecule has 0 aliphatic carbocycles. The van der Waals surface area contributed by atoms with Crippen LogP contribution in [0.15, 0.2) is 48.5 Å². The van der Waals surface area contributed by atoms with Gasteiger partial charge in [0.15, 0.2) is 0 Å². The van der Waals surface area contributed by atoms with Gasteiger partial charge in [0.05, 0.1) is 7.11 Å². The van der Waals surface area contributed by atoms with E-state index in [2.05, 4.69) is 0 Å². The molecule has 1 aliphatic rings. The van der Waals surface area contributed by atoms with E-state index >= 15 is 0 Å². The Morgan fingerprint density at radius 1 is 1.25 bits per heavy atom. The summed E-state index contributed by atoms with van der Waals surface area (Å²) in [7, 11) is 1.62. The maximum absolute atomic E-state index is 13.4. The first kappa shape index (κ1) is 16.2. The van der Waals surface area contributed by atoms with Gasteiger partial charge in [0.25, 0.3) is 5.91 Å². The molecule has 124 valence electrons. The Kier molecular flexibility index (Phi) is 4.65. The number of aryl methyl sites for hydroxylation is 1. The second kappa shape index (κ2) is 6.87. The van der Waals surface area contributed by atoms with Crippen LogP contribution in [0.4, 0.5) is 10.1 Å². The molecule has 2 aromatic rings. The van der Waals surface area contributed by atoms with Crippen LogP contribution in [0.1, 0.15) is 24.5 Å². The molecule has 0 radical (unpaired) electrons. The molecule has 0 bridgehead atoms. The van der Waals surface area contributed by atoms with E-state index in [1.54, 1.807) is 30.2 Å². The number of hydrogen-bond donors (Lipinski definition) is 0. The van der Waals surface area contributed by atoms with Crippen molar-refractivity contribution < 1.29 is 13.9 Å². The first-order chi connectivity index (χ1) is 11.6. The van der Waals surface area contributed by atoms with E-state index in [9.17, 15) is 9.18 Å². The average Bonchev–Trinajstić information content (AvgIpc) is 2.60. The van der Waals surface area contributed by atoms with Crippen molar-refractivity contribution >= 4 is 17.7 Å². The fraction of sp³-hybridized carbons (Fsp3) is 0.250. The third-order valence-electron chi connectivity index (χ3n) is 4.34. The van der Waals surface area contributed by atoms with Crippen LogP contribution in [0.2, 0.25) is 0 Å². The molecule has 0 saturated heterocycles. The maximum Gasteiger partial charge on any atom is 0.251 e. The minimum absolute atomic E-state index is 0.0918. The largest absolute Gasteiger partial charge is 0.497 e. The Bertz CT molecular complexity index is 768. The standard InChI is InChI=1S/C20H20FNO2/c1-14-3-7-16-13-17(21)8-11-19(16)22(14)20(23)12-6-15-4-9-18(24-2)10-5-15/h4-6,8-14H,3,7H2,1-2H3/b12-6+/t14-/m1/s1. The molecule has 2 aromatic carbocycles. The zero-order valence-corrected chi connectivity index (χ0v) is 13.8. The third-order valence-corrected chi connectivity index (χ3v) is 4.34. The molecule has 0 unspecified atom stereocenters. The van der Waals surface area contributed by atoms with Crippen LogP contribution >= 0.6 is 0 Å². The van der Waals surface area contributed by atoms with Crippen LogP contribution < -0.4 is 9.64 Å². The van der Waals surface area contributed by atoms with E-state index in [1.165, 1.54) is 12.1 Å². The number of fused-ring (bicyclic) bond motifs is 1. The van der Waals surface area contributed by atoms with Crippen molar-refractivity contribution in [3.63, 3.8) is 0 Å². The van der Waals surface area contributed by atoms with Crippen LogP contribution in [0.25, 0.3) is 6.08 Å². The molecule has 0 saturated carbocycles. The number of methoxy groups -OCH3 is 1. The first-order valence-corrected chi connectivity index (χ1v) is 8.02. The van der Waals surface area contributed by atoms with E-state index in [0.717, 1.165) is 35.4 Å². The monoisotopic (exact) mass is 325 g/mol. The molecule has 3 rings (SSSR count). The van der Waals surface area contributed by atoms with Crippen LogP contribution in [0, 0.1) is 5.82 Å². The van der Waals surface area contributed by atoms with Crippen molar-refractivity contribution in [2.75, 3.05) is 12.0 Å². The van der Waals surface area contributed by atoms with Crippen LogP contribution in [-0.4, -0.2) is 19.1 Å². The van der Waals surface area contributed by atoms with E-state index in [0.29, 0.717) is 0 Å². The van der Waals surface area contributed by atoms with Gasteiger partial charge in [-0.1, -0.05) is 12.1 Å². The molecular weight excluding hydrogens is 305 g/mol. The molecule has 0 N–H and O–H groups in total. The van der Waals surface area contributed by atoms with Gasteiger partial charge < -0.3 is 9.64 Å². The van der Waals surface area contributed by atoms with Gasteiger partial charge in [-0.2, -0.15) is 0 Å². The zero-order chi connectivity index (χ0) is 17.1. The quantitative estimate of drug-likeness (QED) is 0.791. The summed E-state index contributed by atoms with van der Waals surface area (Å²) in [6.07, 6.45) is 4.97. The Morgan fingerprint density at radius 2 is 2.00 bits per heavy atom. The number of carbonyl (C=O) groups is 1. The Labute approximate surface area is 141 Å². The third kappa shape index (κ3) is 3.32. The number of carbonyl (C=O) groups excluding carboxylic acids is 1. The van der Waals surface area contributed by atoms with Gasteiger partial charge in [0.1, 0.15) is 11.6 Å². The Morgan fingerprint density at radius 3 is 2.71 bits per heavy atom. The van der Waals surface area contributed by atoms with Crippen LogP contribution in [-0.2, 0) is 11.2 Å². The number of benzene rings is 2. The number of ether oxygens (including phenoxy) is 1. The number of amides is 1. The fourth-order valence-electron chi connectivity index (χ4n) is 3.02. The Balaban J connectivity index is 1.82. The van der Waals surface area contributed by atoms with Crippen molar-refractivity contribution in [1.29, 1.82) is 0 Å². The van der Waals surface area contributed by atoms with E-state index < -0.39 is 0 Å². The van der Waals surface area contributed by atoms with Gasteiger partial charge >= 0.3 is 0 Å². The second-order valence-corrected chi connectivity index (χ2v) is 5.98. The lowest BCUT2D eigenvalue weighted by Gasteiger charge is -2.34. The molecule has 1 heterocycles. The molecular formula is C20H20FNO2. The molecule has 0 spiro atoms. The molecule has 3 nitrogen and oxygen atoms in total. The number of hydrogen-bond acceptors (Lipinski definition) is 2. The molecule has 0 aromatic heterocycles. The molecule has 24 heavy (non-hydrogen) atoms. The highest BCUT2D eigenvalue weighted by molar-refractivity contribution is 6.05. The molecule has 4 heteroatoms. The van der Waals surface area contributed by atoms with Crippen molar-refractivity contribution in [3.05, 3.63) is 65.5 Å². The van der Waals surface area contributed by atoms with Crippen LogP contribution in [0.5, 0.6) is 5.75 Å². The normalized spacial score (nSPS) is 17.0. The lowest BCUT2D eigenvalue weighted by atomic mass is 9.96. The van der Waals surface area contributed by atoms with E-state index in [1.807, 2.05) is 31.2 Å². The van der Waals surface area contributed by atoms with Crippen LogP contribution in [0.3, 0.4) is 0 Å². The van der Waals surface area contributed by atoms with Crippen molar-refractivity contribution in [2.24, 2.45) is 0 Å². The summed E-state index contributed by atoms with van der Waals surface area (Å²) in [6, 6.07) is 12.2. The van der Waals surface area contributed by atoms with Gasteiger partial charge in [-0.15, -0.1) is 0 Å². The smallest absolute Gasteiger partial charge is 0.251 e. The van der Waals surface area contributed by atoms with E-state index in [4.69, 9.17) is 4.74 Å². The average molecular weight is 325 g/mol. The number of halogens is 1. The topological polar surface area (TPSA) is 29.5 Å². The predicted octanol–water partition coefficient (Wildman–Crippen LogP) is 4.22. The summed E-state index contributed by atoms with van der Waals surface area (Å²) in [5.74, 6) is 0.425. The minimum atomic E-state index is -0.260. The summed E-state index contributed by atoms with van der Waals surface area (Å²) >= 11 is 0. The second-order valence-electron chi connectivity index (χ2n) is 5.98. The van der Waals surface area contributed by atoms with Gasteiger partial charge in [0.2, 0.25) is 0 Å². The number of anilines is 1. The van der Waals surface area contributed by atoms with Gasteiger partial charge in [-0.25, -0.2) is 4.39 Å². The van der Waals surface area contributed by atoms with Gasteiger partial charge in [-0.05, 0) is 67.3 Å². The molecule has 1 aliphatic heterocycles.